The fourth-order valence-corrected chi connectivity index (χ4v) is 4.98. The summed E-state index contributed by atoms with van der Waals surface area (Å²) in [6.07, 6.45) is 1.62. The fraction of sp³-hybridized carbons (Fsp3) is 0.208. The highest BCUT2D eigenvalue weighted by atomic mass is 32.1. The van der Waals surface area contributed by atoms with E-state index in [1.54, 1.807) is 50.3 Å². The lowest BCUT2D eigenvalue weighted by Crippen LogP contribution is -2.39. The molecule has 2 aliphatic rings. The second kappa shape index (κ2) is 8.32. The van der Waals surface area contributed by atoms with Gasteiger partial charge in [0.2, 0.25) is 6.79 Å². The molecular formula is C24H19FN2O5S. The molecule has 0 bridgehead atoms. The van der Waals surface area contributed by atoms with E-state index < -0.39 is 17.8 Å². The lowest BCUT2D eigenvalue weighted by Gasteiger charge is -2.24. The lowest BCUT2D eigenvalue weighted by atomic mass is 9.95. The van der Waals surface area contributed by atoms with E-state index in [1.807, 2.05) is 0 Å². The van der Waals surface area contributed by atoms with Crippen LogP contribution in [0.3, 0.4) is 0 Å². The van der Waals surface area contributed by atoms with Crippen molar-refractivity contribution in [3.63, 3.8) is 0 Å². The average molecular weight is 466 g/mol. The van der Waals surface area contributed by atoms with Crippen molar-refractivity contribution in [2.75, 3.05) is 13.4 Å². The third-order valence-corrected chi connectivity index (χ3v) is 6.36. The number of esters is 1. The molecule has 7 nitrogen and oxygen atoms in total. The number of ether oxygens (including phenoxy) is 3. The maximum absolute atomic E-state index is 13.7. The summed E-state index contributed by atoms with van der Waals surface area (Å²) in [6.45, 7) is 3.73. The minimum Gasteiger partial charge on any atom is -0.463 e. The van der Waals surface area contributed by atoms with Crippen LogP contribution in [-0.4, -0.2) is 23.9 Å². The number of carbonyl (C=O) groups excluding carboxylic acids is 1. The van der Waals surface area contributed by atoms with Gasteiger partial charge in [0.05, 0.1) is 28.5 Å². The molecular weight excluding hydrogens is 447 g/mol. The van der Waals surface area contributed by atoms with Gasteiger partial charge in [0, 0.05) is 0 Å². The molecule has 0 amide bonds. The van der Waals surface area contributed by atoms with E-state index in [9.17, 15) is 14.0 Å². The fourth-order valence-electron chi connectivity index (χ4n) is 3.94. The number of fused-ring (bicyclic) bond motifs is 2. The van der Waals surface area contributed by atoms with Crippen molar-refractivity contribution >= 4 is 23.4 Å². The number of allylic oxidation sites excluding steroid dienone is 1. The van der Waals surface area contributed by atoms with E-state index in [1.165, 1.54) is 28.0 Å². The van der Waals surface area contributed by atoms with Gasteiger partial charge in [-0.05, 0) is 55.3 Å². The number of halogens is 1. The summed E-state index contributed by atoms with van der Waals surface area (Å²) >= 11 is 1.18. The summed E-state index contributed by atoms with van der Waals surface area (Å²) in [4.78, 5) is 31.4. The Bertz CT molecular complexity index is 1490. The molecule has 9 heteroatoms. The number of carbonyl (C=O) groups is 1. The van der Waals surface area contributed by atoms with Crippen molar-refractivity contribution in [1.82, 2.24) is 4.57 Å². The zero-order chi connectivity index (χ0) is 23.1. The molecule has 2 aromatic carbocycles. The molecule has 168 valence electrons. The van der Waals surface area contributed by atoms with Crippen LogP contribution >= 0.6 is 11.3 Å². The molecule has 0 unspecified atom stereocenters. The van der Waals surface area contributed by atoms with Gasteiger partial charge in [0.1, 0.15) is 5.82 Å². The molecule has 3 aromatic rings. The Balaban J connectivity index is 1.73. The molecule has 0 spiro atoms. The number of nitrogens with zero attached hydrogens (tertiary/aromatic N) is 2. The Morgan fingerprint density at radius 3 is 2.88 bits per heavy atom. The monoisotopic (exact) mass is 466 g/mol. The maximum atomic E-state index is 13.7. The van der Waals surface area contributed by atoms with E-state index in [-0.39, 0.29) is 24.5 Å². The molecule has 1 aromatic heterocycles. The van der Waals surface area contributed by atoms with Crippen molar-refractivity contribution in [2.45, 2.75) is 19.9 Å². The van der Waals surface area contributed by atoms with E-state index in [4.69, 9.17) is 14.2 Å². The summed E-state index contributed by atoms with van der Waals surface area (Å²) in [5.41, 5.74) is 1.63. The predicted octanol–water partition coefficient (Wildman–Crippen LogP) is 2.67. The molecule has 0 radical (unpaired) electrons. The molecule has 0 aliphatic carbocycles. The number of hydrogen-bond acceptors (Lipinski definition) is 7. The minimum absolute atomic E-state index is 0.106. The molecule has 33 heavy (non-hydrogen) atoms. The molecule has 1 atom stereocenters. The van der Waals surface area contributed by atoms with Gasteiger partial charge in [-0.25, -0.2) is 14.2 Å². The highest BCUT2D eigenvalue weighted by Gasteiger charge is 2.34. The maximum Gasteiger partial charge on any atom is 0.338 e. The summed E-state index contributed by atoms with van der Waals surface area (Å²) in [7, 11) is 0. The van der Waals surface area contributed by atoms with Crippen LogP contribution in [-0.2, 0) is 9.53 Å². The number of thiazole rings is 1. The van der Waals surface area contributed by atoms with Crippen LogP contribution in [0.25, 0.3) is 6.08 Å². The molecule has 2 aliphatic heterocycles. The van der Waals surface area contributed by atoms with E-state index in [0.717, 1.165) is 0 Å². The van der Waals surface area contributed by atoms with Crippen molar-refractivity contribution in [2.24, 2.45) is 4.99 Å². The molecule has 0 fully saturated rings. The Kier molecular flexibility index (Phi) is 5.33. The van der Waals surface area contributed by atoms with Gasteiger partial charge < -0.3 is 14.2 Å². The summed E-state index contributed by atoms with van der Waals surface area (Å²) in [5, 5.41) is 0. The van der Waals surface area contributed by atoms with Crippen LogP contribution in [0.1, 0.15) is 31.0 Å². The Hall–Kier alpha value is -3.72. The first-order valence-corrected chi connectivity index (χ1v) is 11.1. The number of benzene rings is 2. The van der Waals surface area contributed by atoms with Gasteiger partial charge in [-0.3, -0.25) is 9.36 Å². The van der Waals surface area contributed by atoms with Crippen molar-refractivity contribution in [3.8, 4) is 11.5 Å². The van der Waals surface area contributed by atoms with E-state index in [0.29, 0.717) is 37.7 Å². The number of rotatable bonds is 4. The van der Waals surface area contributed by atoms with Crippen molar-refractivity contribution in [1.29, 1.82) is 0 Å². The minimum atomic E-state index is -0.760. The van der Waals surface area contributed by atoms with Gasteiger partial charge in [0.15, 0.2) is 16.3 Å². The highest BCUT2D eigenvalue weighted by Crippen LogP contribution is 2.38. The van der Waals surface area contributed by atoms with Crippen LogP contribution < -0.4 is 24.4 Å². The predicted molar refractivity (Wildman–Crippen MR) is 119 cm³/mol. The quantitative estimate of drug-likeness (QED) is 0.553. The van der Waals surface area contributed by atoms with Gasteiger partial charge in [-0.1, -0.05) is 29.5 Å². The SMILES string of the molecule is CCOC(=O)C1=C(C)N=c2s/c(=C\c3cccc(F)c3)c(=O)n2[C@@H]1c1ccc2c(c1)OCO2. The van der Waals surface area contributed by atoms with Crippen LogP contribution in [0.5, 0.6) is 11.5 Å². The molecule has 0 saturated carbocycles. The van der Waals surface area contributed by atoms with Gasteiger partial charge in [-0.15, -0.1) is 0 Å². The summed E-state index contributed by atoms with van der Waals surface area (Å²) in [6, 6.07) is 10.5. The second-order valence-electron chi connectivity index (χ2n) is 7.47. The van der Waals surface area contributed by atoms with Gasteiger partial charge in [-0.2, -0.15) is 0 Å². The Morgan fingerprint density at radius 1 is 1.27 bits per heavy atom. The Morgan fingerprint density at radius 2 is 2.09 bits per heavy atom. The number of hydrogen-bond donors (Lipinski definition) is 0. The molecule has 0 N–H and O–H groups in total. The van der Waals surface area contributed by atoms with Crippen LogP contribution in [0, 0.1) is 5.82 Å². The third kappa shape index (κ3) is 3.74. The number of aromatic nitrogens is 1. The zero-order valence-corrected chi connectivity index (χ0v) is 18.6. The third-order valence-electron chi connectivity index (χ3n) is 5.38. The van der Waals surface area contributed by atoms with Crippen LogP contribution in [0.4, 0.5) is 4.39 Å². The zero-order valence-electron chi connectivity index (χ0n) is 17.8. The van der Waals surface area contributed by atoms with Crippen molar-refractivity contribution < 1.29 is 23.4 Å². The van der Waals surface area contributed by atoms with Crippen LogP contribution in [0.2, 0.25) is 0 Å². The lowest BCUT2D eigenvalue weighted by molar-refractivity contribution is -0.139. The second-order valence-corrected chi connectivity index (χ2v) is 8.48. The first kappa shape index (κ1) is 21.1. The van der Waals surface area contributed by atoms with E-state index >= 15 is 0 Å². The smallest absolute Gasteiger partial charge is 0.338 e. The first-order chi connectivity index (χ1) is 16.0. The topological polar surface area (TPSA) is 79.1 Å². The van der Waals surface area contributed by atoms with Crippen LogP contribution in [0.15, 0.2) is 63.5 Å². The average Bonchev–Trinajstić information content (AvgIpc) is 3.37. The first-order valence-electron chi connectivity index (χ1n) is 10.3. The molecule has 3 heterocycles. The summed E-state index contributed by atoms with van der Waals surface area (Å²) in [5.74, 6) is 0.193. The standard InChI is InChI=1S/C24H19FN2O5S/c1-3-30-23(29)20-13(2)26-24-27(21(20)15-7-8-17-18(11-15)32-12-31-17)22(28)19(33-24)10-14-5-4-6-16(25)9-14/h4-11,21H,3,12H2,1-2H3/b19-10-/t21-/m1/s1. The summed E-state index contributed by atoms with van der Waals surface area (Å²) < 4.78 is 31.7. The largest absolute Gasteiger partial charge is 0.463 e. The normalized spacial score (nSPS) is 17.1. The van der Waals surface area contributed by atoms with Gasteiger partial charge >= 0.3 is 5.97 Å². The van der Waals surface area contributed by atoms with Crippen molar-refractivity contribution in [3.05, 3.63) is 90.4 Å². The Labute approximate surface area is 191 Å². The highest BCUT2D eigenvalue weighted by molar-refractivity contribution is 7.07. The van der Waals surface area contributed by atoms with E-state index in [2.05, 4.69) is 4.99 Å². The molecule has 5 rings (SSSR count). The molecule has 0 saturated heterocycles. The van der Waals surface area contributed by atoms with Gasteiger partial charge in [0.25, 0.3) is 5.56 Å².